The average molecular weight is 223 g/mol. The molecular weight excluding hydrogens is 208 g/mol. The van der Waals surface area contributed by atoms with Crippen LogP contribution in [0.25, 0.3) is 0 Å². The molecule has 0 saturated heterocycles. The van der Waals surface area contributed by atoms with Crippen molar-refractivity contribution in [3.8, 4) is 0 Å². The maximum Gasteiger partial charge on any atom is 0.351 e. The molecule has 0 aliphatic heterocycles. The summed E-state index contributed by atoms with van der Waals surface area (Å²) in [6, 6.07) is 0. The number of hydrogen-bond donors (Lipinski definition) is 0. The zero-order valence-electron chi connectivity index (χ0n) is 9.36. The summed E-state index contributed by atoms with van der Waals surface area (Å²) >= 11 is 0. The lowest BCUT2D eigenvalue weighted by molar-refractivity contribution is -0.515. The fraction of sp³-hybridized carbons (Fsp3) is 0.875. The molecule has 1 radical (unpaired) electrons. The lowest BCUT2D eigenvalue weighted by Gasteiger charge is -2.38. The zero-order chi connectivity index (χ0) is 11.9. The van der Waals surface area contributed by atoms with Crippen LogP contribution in [0, 0.1) is 0 Å². The third-order valence-corrected chi connectivity index (χ3v) is 1.83. The molecule has 89 valence electrons. The van der Waals surface area contributed by atoms with Gasteiger partial charge in [0.15, 0.2) is 0 Å². The van der Waals surface area contributed by atoms with Crippen molar-refractivity contribution < 1.29 is 33.5 Å². The Morgan fingerprint density at radius 3 is 1.53 bits per heavy atom. The fourth-order valence-electron chi connectivity index (χ4n) is 1.10. The van der Waals surface area contributed by atoms with E-state index in [1.54, 1.807) is 0 Å². The zero-order valence-corrected chi connectivity index (χ0v) is 9.36. The quantitative estimate of drug-likeness (QED) is 0.315. The third-order valence-electron chi connectivity index (χ3n) is 1.83. The van der Waals surface area contributed by atoms with Gasteiger partial charge in [-0.05, 0) is 0 Å². The second kappa shape index (κ2) is 6.11. The summed E-state index contributed by atoms with van der Waals surface area (Å²) in [5, 5.41) is 0. The number of ether oxygens (including phenoxy) is 4. The van der Waals surface area contributed by atoms with Gasteiger partial charge >= 0.3 is 11.8 Å². The summed E-state index contributed by atoms with van der Waals surface area (Å²) in [7, 11) is 6.12. The topological polar surface area (TPSA) is 72.5 Å². The number of rotatable bonds is 8. The third kappa shape index (κ3) is 2.33. The smallest absolute Gasteiger partial charge is 0.338 e. The van der Waals surface area contributed by atoms with Gasteiger partial charge in [0, 0.05) is 28.4 Å². The van der Waals surface area contributed by atoms with E-state index in [0.717, 1.165) is 0 Å². The van der Waals surface area contributed by atoms with Crippen LogP contribution in [0.5, 0.6) is 0 Å². The molecule has 0 aromatic carbocycles. The van der Waals surface area contributed by atoms with Gasteiger partial charge in [0.1, 0.15) is 0 Å². The van der Waals surface area contributed by atoms with Crippen LogP contribution in [-0.4, -0.2) is 53.6 Å². The molecule has 1 unspecified atom stereocenters. The summed E-state index contributed by atoms with van der Waals surface area (Å²) in [5.74, 6) is -4.00. The van der Waals surface area contributed by atoms with Crippen LogP contribution in [0.15, 0.2) is 0 Å². The van der Waals surface area contributed by atoms with Crippen molar-refractivity contribution in [2.24, 2.45) is 0 Å². The first-order valence-electron chi connectivity index (χ1n) is 3.93. The van der Waals surface area contributed by atoms with Gasteiger partial charge in [-0.25, -0.2) is 4.89 Å². The largest absolute Gasteiger partial charge is 0.351 e. The molecule has 0 saturated carbocycles. The van der Waals surface area contributed by atoms with Crippen molar-refractivity contribution in [1.82, 2.24) is 0 Å². The van der Waals surface area contributed by atoms with Crippen molar-refractivity contribution in [2.45, 2.75) is 11.8 Å². The predicted molar refractivity (Wildman–Crippen MR) is 47.3 cm³/mol. The maximum absolute atomic E-state index is 10.9. The highest BCUT2D eigenvalue weighted by atomic mass is 17.2. The van der Waals surface area contributed by atoms with E-state index in [1.807, 2.05) is 0 Å². The number of hydrogen-bond acceptors (Lipinski definition) is 7. The van der Waals surface area contributed by atoms with Crippen molar-refractivity contribution in [1.29, 1.82) is 0 Å². The Hall–Kier alpha value is -0.570. The second-order valence-electron chi connectivity index (χ2n) is 2.34. The summed E-state index contributed by atoms with van der Waals surface area (Å²) in [4.78, 5) is 19.9. The van der Waals surface area contributed by atoms with Crippen LogP contribution < -0.4 is 0 Å². The minimum Gasteiger partial charge on any atom is -0.338 e. The van der Waals surface area contributed by atoms with E-state index in [2.05, 4.69) is 9.78 Å². The van der Waals surface area contributed by atoms with E-state index in [4.69, 9.17) is 18.9 Å². The van der Waals surface area contributed by atoms with Crippen molar-refractivity contribution in [3.05, 3.63) is 0 Å². The first-order chi connectivity index (χ1) is 7.11. The lowest BCUT2D eigenvalue weighted by atomic mass is 10.2. The molecule has 0 fully saturated rings. The molecule has 0 bridgehead atoms. The van der Waals surface area contributed by atoms with Crippen LogP contribution in [-0.2, 0) is 33.5 Å². The highest BCUT2D eigenvalue weighted by Gasteiger charge is 2.60. The summed E-state index contributed by atoms with van der Waals surface area (Å²) in [6.07, 6.45) is 1.47. The van der Waals surface area contributed by atoms with Gasteiger partial charge in [-0.15, -0.1) is 0 Å². The Morgan fingerprint density at radius 2 is 1.33 bits per heavy atom. The lowest BCUT2D eigenvalue weighted by Crippen LogP contribution is -2.62. The monoisotopic (exact) mass is 223 g/mol. The molecule has 0 aromatic rings. The first kappa shape index (κ1) is 14.4. The van der Waals surface area contributed by atoms with Gasteiger partial charge in [-0.3, -0.25) is 4.79 Å². The molecule has 7 nitrogen and oxygen atoms in total. The van der Waals surface area contributed by atoms with Crippen LogP contribution >= 0.6 is 0 Å². The minimum absolute atomic E-state index is 1.19. The highest BCUT2D eigenvalue weighted by Crippen LogP contribution is 2.30. The van der Waals surface area contributed by atoms with Gasteiger partial charge in [0.2, 0.25) is 0 Å². The standard InChI is InChI=1S/C8H15O7/c1-10-7(6-9,15-14-5)8(11-2,12-3)13-4/h1-5H3. The van der Waals surface area contributed by atoms with Gasteiger partial charge in [-0.2, -0.15) is 4.89 Å². The molecule has 0 rings (SSSR count). The molecule has 15 heavy (non-hydrogen) atoms. The SMILES string of the molecule is COOC([C]=O)(OC)C(OC)(OC)OC. The Bertz CT molecular complexity index is 183. The van der Waals surface area contributed by atoms with Gasteiger partial charge in [0.25, 0.3) is 6.29 Å². The van der Waals surface area contributed by atoms with Crippen molar-refractivity contribution in [2.75, 3.05) is 35.5 Å². The van der Waals surface area contributed by atoms with Crippen LogP contribution in [0.1, 0.15) is 0 Å². The molecule has 0 heterocycles. The normalized spacial score (nSPS) is 16.1. The van der Waals surface area contributed by atoms with Crippen LogP contribution in [0.2, 0.25) is 0 Å². The Morgan fingerprint density at radius 1 is 0.867 bits per heavy atom. The Labute approximate surface area is 88.1 Å². The number of methoxy groups -OCH3 is 4. The summed E-state index contributed by atoms with van der Waals surface area (Å²) in [6.45, 7) is 0. The average Bonchev–Trinajstić information content (AvgIpc) is 2.30. The molecule has 0 amide bonds. The Kier molecular flexibility index (Phi) is 5.88. The van der Waals surface area contributed by atoms with Crippen molar-refractivity contribution >= 4 is 6.29 Å². The van der Waals surface area contributed by atoms with E-state index in [-0.39, 0.29) is 0 Å². The molecule has 0 aromatic heterocycles. The van der Waals surface area contributed by atoms with E-state index in [0.29, 0.717) is 0 Å². The van der Waals surface area contributed by atoms with E-state index in [1.165, 1.54) is 41.8 Å². The van der Waals surface area contributed by atoms with E-state index in [9.17, 15) is 4.79 Å². The minimum atomic E-state index is -2.10. The number of carbonyl (C=O) groups excluding carboxylic acids is 1. The van der Waals surface area contributed by atoms with Gasteiger partial charge in [0.05, 0.1) is 7.11 Å². The fourth-order valence-corrected chi connectivity index (χ4v) is 1.10. The van der Waals surface area contributed by atoms with Gasteiger partial charge < -0.3 is 18.9 Å². The van der Waals surface area contributed by atoms with Crippen LogP contribution in [0.3, 0.4) is 0 Å². The van der Waals surface area contributed by atoms with Crippen molar-refractivity contribution in [3.63, 3.8) is 0 Å². The molecule has 0 N–H and O–H groups in total. The van der Waals surface area contributed by atoms with E-state index >= 15 is 0 Å². The summed E-state index contributed by atoms with van der Waals surface area (Å²) in [5.41, 5.74) is 0. The molecule has 1 atom stereocenters. The molecule has 0 spiro atoms. The predicted octanol–water partition coefficient (Wildman–Crippen LogP) is -0.390. The van der Waals surface area contributed by atoms with Gasteiger partial charge in [-0.1, -0.05) is 0 Å². The first-order valence-corrected chi connectivity index (χ1v) is 3.93. The Balaban J connectivity index is 5.22. The second-order valence-corrected chi connectivity index (χ2v) is 2.34. The highest BCUT2D eigenvalue weighted by molar-refractivity contribution is 5.62. The molecule has 0 aliphatic carbocycles. The molecule has 0 aliphatic rings. The molecular formula is C8H15O7. The summed E-state index contributed by atoms with van der Waals surface area (Å²) < 4.78 is 19.5. The van der Waals surface area contributed by atoms with E-state index < -0.39 is 11.8 Å². The van der Waals surface area contributed by atoms with Crippen LogP contribution in [0.4, 0.5) is 0 Å². The maximum atomic E-state index is 10.9. The molecule has 7 heteroatoms.